The zero-order chi connectivity index (χ0) is 15.4. The van der Waals surface area contributed by atoms with E-state index in [1.165, 1.54) is 0 Å². The van der Waals surface area contributed by atoms with E-state index in [0.717, 1.165) is 11.1 Å². The number of aryl methyl sites for hydroxylation is 1. The molecule has 110 valence electrons. The van der Waals surface area contributed by atoms with E-state index in [-0.39, 0.29) is 6.61 Å². The van der Waals surface area contributed by atoms with Crippen molar-refractivity contribution in [1.29, 1.82) is 0 Å². The molecule has 0 unspecified atom stereocenters. The Labute approximate surface area is 133 Å². The molecule has 0 amide bonds. The molecule has 0 heterocycles. The molecule has 0 N–H and O–H groups in total. The van der Waals surface area contributed by atoms with Crippen molar-refractivity contribution in [3.63, 3.8) is 0 Å². The number of halogens is 2. The Hall–Kier alpha value is -1.71. The SMILES string of the molecule is Cc1cccc(OC(=O)COc2ccc(Cl)cc2Cl)c1C. The minimum absolute atomic E-state index is 0.227. The van der Waals surface area contributed by atoms with Gasteiger partial charge >= 0.3 is 5.97 Å². The number of rotatable bonds is 4. The number of hydrogen-bond donors (Lipinski definition) is 0. The van der Waals surface area contributed by atoms with Gasteiger partial charge in [0.15, 0.2) is 6.61 Å². The highest BCUT2D eigenvalue weighted by Crippen LogP contribution is 2.27. The lowest BCUT2D eigenvalue weighted by Gasteiger charge is -2.10. The second-order valence-corrected chi connectivity index (χ2v) is 5.38. The van der Waals surface area contributed by atoms with E-state index in [1.54, 1.807) is 24.3 Å². The van der Waals surface area contributed by atoms with Crippen molar-refractivity contribution >= 4 is 29.2 Å². The maximum absolute atomic E-state index is 11.8. The highest BCUT2D eigenvalue weighted by Gasteiger charge is 2.10. The van der Waals surface area contributed by atoms with E-state index in [9.17, 15) is 4.79 Å². The van der Waals surface area contributed by atoms with Crippen molar-refractivity contribution in [2.24, 2.45) is 0 Å². The fraction of sp³-hybridized carbons (Fsp3) is 0.188. The van der Waals surface area contributed by atoms with Gasteiger partial charge in [-0.1, -0.05) is 35.3 Å². The van der Waals surface area contributed by atoms with Crippen LogP contribution >= 0.6 is 23.2 Å². The molecule has 0 aliphatic rings. The van der Waals surface area contributed by atoms with Crippen LogP contribution in [0.2, 0.25) is 10.0 Å². The van der Waals surface area contributed by atoms with Crippen LogP contribution in [-0.4, -0.2) is 12.6 Å². The van der Waals surface area contributed by atoms with Crippen molar-refractivity contribution in [1.82, 2.24) is 0 Å². The average Bonchev–Trinajstić information content (AvgIpc) is 2.43. The maximum Gasteiger partial charge on any atom is 0.349 e. The van der Waals surface area contributed by atoms with Gasteiger partial charge in [-0.15, -0.1) is 0 Å². The zero-order valence-corrected chi connectivity index (χ0v) is 13.2. The Morgan fingerprint density at radius 2 is 1.86 bits per heavy atom. The minimum Gasteiger partial charge on any atom is -0.480 e. The number of benzene rings is 2. The van der Waals surface area contributed by atoms with Crippen molar-refractivity contribution in [3.8, 4) is 11.5 Å². The Morgan fingerprint density at radius 3 is 2.57 bits per heavy atom. The summed E-state index contributed by atoms with van der Waals surface area (Å²) in [5, 5.41) is 0.854. The first kappa shape index (κ1) is 15.7. The van der Waals surface area contributed by atoms with Gasteiger partial charge in [0, 0.05) is 5.02 Å². The van der Waals surface area contributed by atoms with Crippen LogP contribution < -0.4 is 9.47 Å². The molecule has 0 atom stereocenters. The molecule has 3 nitrogen and oxygen atoms in total. The van der Waals surface area contributed by atoms with Crippen LogP contribution in [0.3, 0.4) is 0 Å². The van der Waals surface area contributed by atoms with E-state index >= 15 is 0 Å². The Balaban J connectivity index is 1.97. The first-order chi connectivity index (χ1) is 9.97. The molecular formula is C16H14Cl2O3. The number of carbonyl (C=O) groups is 1. The Kier molecular flexibility index (Phi) is 5.10. The molecule has 0 saturated heterocycles. The van der Waals surface area contributed by atoms with Gasteiger partial charge in [-0.25, -0.2) is 4.79 Å². The molecule has 2 aromatic carbocycles. The lowest BCUT2D eigenvalue weighted by atomic mass is 10.1. The largest absolute Gasteiger partial charge is 0.480 e. The number of carbonyl (C=O) groups excluding carboxylic acids is 1. The van der Waals surface area contributed by atoms with E-state index in [2.05, 4.69) is 0 Å². The summed E-state index contributed by atoms with van der Waals surface area (Å²) in [7, 11) is 0. The lowest BCUT2D eigenvalue weighted by molar-refractivity contribution is -0.136. The fourth-order valence-corrected chi connectivity index (χ4v) is 2.18. The second-order valence-electron chi connectivity index (χ2n) is 4.54. The Bertz CT molecular complexity index is 669. The molecule has 0 radical (unpaired) electrons. The molecule has 0 bridgehead atoms. The topological polar surface area (TPSA) is 35.5 Å². The van der Waals surface area contributed by atoms with Gasteiger partial charge in [-0.2, -0.15) is 0 Å². The molecular weight excluding hydrogens is 311 g/mol. The van der Waals surface area contributed by atoms with Crippen molar-refractivity contribution in [2.45, 2.75) is 13.8 Å². The molecule has 2 rings (SSSR count). The first-order valence-electron chi connectivity index (χ1n) is 6.32. The summed E-state index contributed by atoms with van der Waals surface area (Å²) in [6.07, 6.45) is 0. The molecule has 21 heavy (non-hydrogen) atoms. The molecule has 0 aliphatic heterocycles. The minimum atomic E-state index is -0.491. The van der Waals surface area contributed by atoms with Crippen LogP contribution in [0.1, 0.15) is 11.1 Å². The van der Waals surface area contributed by atoms with Gasteiger partial charge in [0.05, 0.1) is 5.02 Å². The van der Waals surface area contributed by atoms with Crippen LogP contribution in [0.25, 0.3) is 0 Å². The number of hydrogen-bond acceptors (Lipinski definition) is 3. The summed E-state index contributed by atoms with van der Waals surface area (Å²) in [6.45, 7) is 3.63. The third-order valence-corrected chi connectivity index (χ3v) is 3.55. The van der Waals surface area contributed by atoms with E-state index in [4.69, 9.17) is 32.7 Å². The van der Waals surface area contributed by atoms with Crippen molar-refractivity contribution in [3.05, 3.63) is 57.6 Å². The molecule has 0 aromatic heterocycles. The number of esters is 1. The van der Waals surface area contributed by atoms with Crippen LogP contribution in [0.5, 0.6) is 11.5 Å². The summed E-state index contributed by atoms with van der Waals surface area (Å²) in [4.78, 5) is 11.8. The predicted octanol–water partition coefficient (Wildman–Crippen LogP) is 4.59. The average molecular weight is 325 g/mol. The third-order valence-electron chi connectivity index (χ3n) is 3.02. The summed E-state index contributed by atoms with van der Waals surface area (Å²) < 4.78 is 10.6. The van der Waals surface area contributed by atoms with Gasteiger partial charge in [0.2, 0.25) is 0 Å². The third kappa shape index (κ3) is 4.13. The predicted molar refractivity (Wildman–Crippen MR) is 83.5 cm³/mol. The van der Waals surface area contributed by atoms with Gasteiger partial charge in [-0.3, -0.25) is 0 Å². The quantitative estimate of drug-likeness (QED) is 0.609. The standard InChI is InChI=1S/C16H14Cl2O3/c1-10-4-3-5-14(11(10)2)21-16(19)9-20-15-7-6-12(17)8-13(15)18/h3-8H,9H2,1-2H3. The first-order valence-corrected chi connectivity index (χ1v) is 7.07. The zero-order valence-electron chi connectivity index (χ0n) is 11.7. The molecule has 5 heteroatoms. The van der Waals surface area contributed by atoms with Crippen LogP contribution in [0.4, 0.5) is 0 Å². The normalized spacial score (nSPS) is 10.3. The van der Waals surface area contributed by atoms with Crippen molar-refractivity contribution in [2.75, 3.05) is 6.61 Å². The molecule has 0 saturated carbocycles. The van der Waals surface area contributed by atoms with E-state index in [1.807, 2.05) is 26.0 Å². The van der Waals surface area contributed by atoms with Gasteiger partial charge in [0.25, 0.3) is 0 Å². The summed E-state index contributed by atoms with van der Waals surface area (Å²) in [6, 6.07) is 10.3. The molecule has 2 aromatic rings. The lowest BCUT2D eigenvalue weighted by Crippen LogP contribution is -2.18. The van der Waals surface area contributed by atoms with Crippen molar-refractivity contribution < 1.29 is 14.3 Å². The summed E-state index contributed by atoms with van der Waals surface area (Å²) in [5.41, 5.74) is 1.98. The highest BCUT2D eigenvalue weighted by atomic mass is 35.5. The molecule has 0 spiro atoms. The van der Waals surface area contributed by atoms with Gasteiger partial charge in [0.1, 0.15) is 11.5 Å². The Morgan fingerprint density at radius 1 is 1.10 bits per heavy atom. The van der Waals surface area contributed by atoms with Crippen LogP contribution in [0.15, 0.2) is 36.4 Å². The van der Waals surface area contributed by atoms with E-state index in [0.29, 0.717) is 21.5 Å². The van der Waals surface area contributed by atoms with E-state index < -0.39 is 5.97 Å². The second kappa shape index (κ2) is 6.83. The molecule has 0 aliphatic carbocycles. The highest BCUT2D eigenvalue weighted by molar-refractivity contribution is 6.35. The van der Waals surface area contributed by atoms with Gasteiger partial charge in [-0.05, 0) is 49.2 Å². The smallest absolute Gasteiger partial charge is 0.349 e. The van der Waals surface area contributed by atoms with Gasteiger partial charge < -0.3 is 9.47 Å². The molecule has 0 fully saturated rings. The van der Waals surface area contributed by atoms with Crippen LogP contribution in [-0.2, 0) is 4.79 Å². The van der Waals surface area contributed by atoms with Crippen LogP contribution in [0, 0.1) is 13.8 Å². The number of ether oxygens (including phenoxy) is 2. The monoisotopic (exact) mass is 324 g/mol. The fourth-order valence-electron chi connectivity index (χ4n) is 1.72. The summed E-state index contributed by atoms with van der Waals surface area (Å²) >= 11 is 11.7. The summed E-state index contributed by atoms with van der Waals surface area (Å²) in [5.74, 6) is 0.430. The maximum atomic E-state index is 11.8.